The van der Waals surface area contributed by atoms with Crippen molar-refractivity contribution in [3.05, 3.63) is 83.9 Å². The molecule has 0 aromatic heterocycles. The van der Waals surface area contributed by atoms with E-state index in [-0.39, 0.29) is 24.6 Å². The van der Waals surface area contributed by atoms with Crippen LogP contribution in [0.5, 0.6) is 23.0 Å². The molecule has 2 atom stereocenters. The smallest absolute Gasteiger partial charge is 0.164 e. The van der Waals surface area contributed by atoms with E-state index in [1.54, 1.807) is 7.11 Å². The van der Waals surface area contributed by atoms with Crippen molar-refractivity contribution in [3.8, 4) is 23.0 Å². The highest BCUT2D eigenvalue weighted by Gasteiger charge is 2.30. The fourth-order valence-electron chi connectivity index (χ4n) is 4.57. The molecule has 3 aromatic carbocycles. The minimum atomic E-state index is 0. The molecule has 5 nitrogen and oxygen atoms in total. The molecule has 3 aromatic rings. The number of rotatable bonds is 14. The van der Waals surface area contributed by atoms with E-state index in [4.69, 9.17) is 18.9 Å². The molecular formula is C31H40ClNO4. The first-order valence-corrected chi connectivity index (χ1v) is 13.2. The number of hydrogen-bond acceptors (Lipinski definition) is 5. The van der Waals surface area contributed by atoms with Crippen LogP contribution in [0.3, 0.4) is 0 Å². The molecule has 0 fully saturated rings. The van der Waals surface area contributed by atoms with Crippen LogP contribution in [0.25, 0.3) is 0 Å². The zero-order valence-corrected chi connectivity index (χ0v) is 22.8. The van der Waals surface area contributed by atoms with Gasteiger partial charge in [0.2, 0.25) is 0 Å². The van der Waals surface area contributed by atoms with E-state index in [0.29, 0.717) is 13.2 Å². The summed E-state index contributed by atoms with van der Waals surface area (Å²) in [4.78, 5) is 0. The summed E-state index contributed by atoms with van der Waals surface area (Å²) in [5, 5.41) is 3.75. The largest absolute Gasteiger partial charge is 0.494 e. The second-order valence-corrected chi connectivity index (χ2v) is 9.21. The Balaban J connectivity index is 0.00000380. The second-order valence-electron chi connectivity index (χ2n) is 9.21. The van der Waals surface area contributed by atoms with Gasteiger partial charge in [0.1, 0.15) is 17.6 Å². The lowest BCUT2D eigenvalue weighted by molar-refractivity contribution is 0.123. The van der Waals surface area contributed by atoms with Gasteiger partial charge in [-0.2, -0.15) is 0 Å². The minimum Gasteiger partial charge on any atom is -0.494 e. The Labute approximate surface area is 227 Å². The fraction of sp³-hybridized carbons (Fsp3) is 0.419. The summed E-state index contributed by atoms with van der Waals surface area (Å²) in [5.41, 5.74) is 2.44. The van der Waals surface area contributed by atoms with Gasteiger partial charge in [-0.1, -0.05) is 55.8 Å². The van der Waals surface area contributed by atoms with E-state index in [9.17, 15) is 0 Å². The predicted octanol–water partition coefficient (Wildman–Crippen LogP) is 7.18. The first-order valence-electron chi connectivity index (χ1n) is 13.2. The number of aryl methyl sites for hydroxylation is 1. The SMILES string of the molecule is CCCCNC(c1ccc(OCCCCOc2ccccc2)cc1)C1CCc2cccc(OC)c2O1.Cl. The third kappa shape index (κ3) is 8.31. The molecule has 0 saturated carbocycles. The number of methoxy groups -OCH3 is 1. The van der Waals surface area contributed by atoms with E-state index in [0.717, 1.165) is 68.1 Å². The van der Waals surface area contributed by atoms with Crippen LogP contribution in [-0.4, -0.2) is 33.0 Å². The lowest BCUT2D eigenvalue weighted by Crippen LogP contribution is -2.38. The number of ether oxygens (including phenoxy) is 4. The molecule has 200 valence electrons. The number of nitrogens with one attached hydrogen (secondary N) is 1. The molecule has 0 bridgehead atoms. The number of hydrogen-bond donors (Lipinski definition) is 1. The van der Waals surface area contributed by atoms with E-state index < -0.39 is 0 Å². The number of para-hydroxylation sites is 2. The first-order chi connectivity index (χ1) is 17.8. The zero-order valence-electron chi connectivity index (χ0n) is 22.0. The Morgan fingerprint density at radius 2 is 1.57 bits per heavy atom. The maximum absolute atomic E-state index is 6.54. The number of fused-ring (bicyclic) bond motifs is 1. The van der Waals surface area contributed by atoms with E-state index >= 15 is 0 Å². The average molecular weight is 526 g/mol. The van der Waals surface area contributed by atoms with Crippen molar-refractivity contribution < 1.29 is 18.9 Å². The Morgan fingerprint density at radius 3 is 2.24 bits per heavy atom. The van der Waals surface area contributed by atoms with E-state index in [1.165, 1.54) is 11.1 Å². The molecule has 2 unspecified atom stereocenters. The molecule has 1 N–H and O–H groups in total. The van der Waals surface area contributed by atoms with E-state index in [1.807, 2.05) is 42.5 Å². The van der Waals surface area contributed by atoms with Gasteiger partial charge >= 0.3 is 0 Å². The maximum atomic E-state index is 6.54. The molecule has 1 heterocycles. The van der Waals surface area contributed by atoms with E-state index in [2.05, 4.69) is 42.6 Å². The fourth-order valence-corrected chi connectivity index (χ4v) is 4.57. The van der Waals surface area contributed by atoms with Crippen LogP contribution in [0, 0.1) is 0 Å². The van der Waals surface area contributed by atoms with Crippen molar-refractivity contribution in [2.45, 2.75) is 57.6 Å². The Kier molecular flexibility index (Phi) is 11.9. The van der Waals surface area contributed by atoms with Crippen molar-refractivity contribution in [1.29, 1.82) is 0 Å². The average Bonchev–Trinajstić information content (AvgIpc) is 2.93. The summed E-state index contributed by atoms with van der Waals surface area (Å²) in [7, 11) is 1.70. The van der Waals surface area contributed by atoms with Crippen LogP contribution in [0.15, 0.2) is 72.8 Å². The zero-order chi connectivity index (χ0) is 25.0. The van der Waals surface area contributed by atoms with Gasteiger partial charge in [0.05, 0.1) is 26.4 Å². The van der Waals surface area contributed by atoms with Gasteiger partial charge in [0.15, 0.2) is 11.5 Å². The molecule has 6 heteroatoms. The van der Waals surface area contributed by atoms with Gasteiger partial charge in [-0.3, -0.25) is 0 Å². The van der Waals surface area contributed by atoms with Crippen LogP contribution in [0.4, 0.5) is 0 Å². The van der Waals surface area contributed by atoms with Gasteiger partial charge in [0.25, 0.3) is 0 Å². The highest BCUT2D eigenvalue weighted by molar-refractivity contribution is 5.85. The van der Waals surface area contributed by atoms with Crippen molar-refractivity contribution in [2.24, 2.45) is 0 Å². The molecule has 0 radical (unpaired) electrons. The summed E-state index contributed by atoms with van der Waals surface area (Å²) in [5.74, 6) is 3.50. The summed E-state index contributed by atoms with van der Waals surface area (Å²) in [6.45, 7) is 4.56. The lowest BCUT2D eigenvalue weighted by Gasteiger charge is -2.34. The lowest BCUT2D eigenvalue weighted by atomic mass is 9.93. The third-order valence-electron chi connectivity index (χ3n) is 6.57. The topological polar surface area (TPSA) is 49.0 Å². The number of halogens is 1. The minimum absolute atomic E-state index is 0. The summed E-state index contributed by atoms with van der Waals surface area (Å²) >= 11 is 0. The molecule has 1 aliphatic rings. The van der Waals surface area contributed by atoms with Gasteiger partial charge in [-0.25, -0.2) is 0 Å². The summed E-state index contributed by atoms with van der Waals surface area (Å²) < 4.78 is 23.9. The second kappa shape index (κ2) is 15.4. The highest BCUT2D eigenvalue weighted by Crippen LogP contribution is 2.39. The van der Waals surface area contributed by atoms with Crippen molar-refractivity contribution in [2.75, 3.05) is 26.9 Å². The standard InChI is InChI=1S/C31H39NO4.ClH/c1-3-4-21-32-30(28-20-17-25-11-10-14-29(33-2)31(25)36-28)24-15-18-27(19-16-24)35-23-9-8-22-34-26-12-6-5-7-13-26;/h5-7,10-16,18-19,28,30,32H,3-4,8-9,17,20-23H2,1-2H3;1H. The van der Waals surface area contributed by atoms with Crippen LogP contribution >= 0.6 is 12.4 Å². The molecule has 0 aliphatic carbocycles. The van der Waals surface area contributed by atoms with Gasteiger partial charge < -0.3 is 24.3 Å². The van der Waals surface area contributed by atoms with Crippen molar-refractivity contribution in [1.82, 2.24) is 5.32 Å². The Hall–Kier alpha value is -2.89. The molecule has 0 amide bonds. The van der Waals surface area contributed by atoms with Gasteiger partial charge in [-0.15, -0.1) is 12.4 Å². The molecule has 37 heavy (non-hydrogen) atoms. The Bertz CT molecular complexity index is 1030. The molecule has 1 aliphatic heterocycles. The predicted molar refractivity (Wildman–Crippen MR) is 152 cm³/mol. The first kappa shape index (κ1) is 28.7. The molecule has 4 rings (SSSR count). The van der Waals surface area contributed by atoms with Crippen molar-refractivity contribution in [3.63, 3.8) is 0 Å². The van der Waals surface area contributed by atoms with Crippen LogP contribution < -0.4 is 24.3 Å². The summed E-state index contributed by atoms with van der Waals surface area (Å²) in [6, 6.07) is 24.7. The highest BCUT2D eigenvalue weighted by atomic mass is 35.5. The molecular weight excluding hydrogens is 486 g/mol. The maximum Gasteiger partial charge on any atom is 0.164 e. The molecule has 0 spiro atoms. The van der Waals surface area contributed by atoms with Gasteiger partial charge in [-0.05, 0) is 80.1 Å². The van der Waals surface area contributed by atoms with Gasteiger partial charge in [0, 0.05) is 0 Å². The normalized spacial score (nSPS) is 15.0. The van der Waals surface area contributed by atoms with Crippen LogP contribution in [-0.2, 0) is 6.42 Å². The Morgan fingerprint density at radius 1 is 0.865 bits per heavy atom. The summed E-state index contributed by atoms with van der Waals surface area (Å²) in [6.07, 6.45) is 6.20. The molecule has 0 saturated heterocycles. The number of unbranched alkanes of at least 4 members (excludes halogenated alkanes) is 2. The quantitative estimate of drug-likeness (QED) is 0.226. The van der Waals surface area contributed by atoms with Crippen LogP contribution in [0.2, 0.25) is 0 Å². The van der Waals surface area contributed by atoms with Crippen molar-refractivity contribution >= 4 is 12.4 Å². The monoisotopic (exact) mass is 525 g/mol. The number of benzene rings is 3. The third-order valence-corrected chi connectivity index (χ3v) is 6.57. The van der Waals surface area contributed by atoms with Crippen LogP contribution in [0.1, 0.15) is 56.2 Å².